The Morgan fingerprint density at radius 3 is 2.58 bits per heavy atom. The van der Waals surface area contributed by atoms with Crippen LogP contribution in [0, 0.1) is 0 Å². The number of anilines is 2. The van der Waals surface area contributed by atoms with Crippen LogP contribution in [-0.4, -0.2) is 22.8 Å². The minimum absolute atomic E-state index is 0.152. The maximum Gasteiger partial charge on any atom is 0.276 e. The van der Waals surface area contributed by atoms with E-state index in [-0.39, 0.29) is 11.4 Å². The van der Waals surface area contributed by atoms with Gasteiger partial charge in [0.1, 0.15) is 5.75 Å². The predicted molar refractivity (Wildman–Crippen MR) is 94.6 cm³/mol. The Morgan fingerprint density at radius 2 is 2.04 bits per heavy atom. The number of benzene rings is 1. The summed E-state index contributed by atoms with van der Waals surface area (Å²) in [7, 11) is 1.56. The second kappa shape index (κ2) is 5.85. The fourth-order valence-corrected chi connectivity index (χ4v) is 2.72. The lowest BCUT2D eigenvalue weighted by Gasteiger charge is -2.22. The Bertz CT molecular complexity index is 770. The first-order valence-electron chi connectivity index (χ1n) is 8.15. The van der Waals surface area contributed by atoms with Crippen LogP contribution >= 0.6 is 0 Å². The van der Waals surface area contributed by atoms with Gasteiger partial charge in [-0.05, 0) is 57.9 Å². The van der Waals surface area contributed by atoms with Crippen molar-refractivity contribution in [1.29, 1.82) is 0 Å². The summed E-state index contributed by atoms with van der Waals surface area (Å²) < 4.78 is 7.10. The molecule has 0 bridgehead atoms. The Labute approximate surface area is 142 Å². The highest BCUT2D eigenvalue weighted by Gasteiger charge is 2.32. The number of hydrogen-bond donors (Lipinski definition) is 2. The number of aromatic nitrogens is 2. The summed E-state index contributed by atoms with van der Waals surface area (Å²) in [5.74, 6) is 0.875. The van der Waals surface area contributed by atoms with Gasteiger partial charge in [-0.2, -0.15) is 5.10 Å². The topological polar surface area (TPSA) is 82.2 Å². The van der Waals surface area contributed by atoms with Crippen molar-refractivity contribution < 1.29 is 9.53 Å². The number of hydrogen-bond acceptors (Lipinski definition) is 4. The van der Waals surface area contributed by atoms with Crippen LogP contribution in [0.25, 0.3) is 0 Å². The summed E-state index contributed by atoms with van der Waals surface area (Å²) in [4.78, 5) is 12.6. The number of nitrogen functional groups attached to an aromatic ring is 1. The third-order valence-corrected chi connectivity index (χ3v) is 4.09. The van der Waals surface area contributed by atoms with Crippen LogP contribution in [0.15, 0.2) is 24.3 Å². The van der Waals surface area contributed by atoms with Gasteiger partial charge in [0.25, 0.3) is 5.91 Å². The molecule has 1 saturated carbocycles. The number of ether oxygens (including phenoxy) is 1. The zero-order chi connectivity index (χ0) is 17.5. The summed E-state index contributed by atoms with van der Waals surface area (Å²) in [6.45, 7) is 6.28. The molecule has 1 aromatic carbocycles. The molecule has 1 amide bonds. The first kappa shape index (κ1) is 16.4. The number of nitrogens with zero attached hydrogens (tertiary/aromatic N) is 2. The van der Waals surface area contributed by atoms with Crippen molar-refractivity contribution in [2.24, 2.45) is 0 Å². The summed E-state index contributed by atoms with van der Waals surface area (Å²) in [5.41, 5.74) is 8.41. The smallest absolute Gasteiger partial charge is 0.276 e. The van der Waals surface area contributed by atoms with Crippen LogP contribution < -0.4 is 15.8 Å². The van der Waals surface area contributed by atoms with Crippen LogP contribution in [0.5, 0.6) is 5.75 Å². The Morgan fingerprint density at radius 1 is 1.33 bits per heavy atom. The lowest BCUT2D eigenvalue weighted by Crippen LogP contribution is -2.25. The molecule has 1 aromatic heterocycles. The van der Waals surface area contributed by atoms with E-state index >= 15 is 0 Å². The van der Waals surface area contributed by atoms with Crippen molar-refractivity contribution in [2.75, 3.05) is 18.2 Å². The fraction of sp³-hybridized carbons (Fsp3) is 0.444. The average molecular weight is 328 g/mol. The molecular formula is C18H24N4O2. The number of carbonyl (C=O) groups excluding carboxylic acids is 1. The van der Waals surface area contributed by atoms with Gasteiger partial charge >= 0.3 is 0 Å². The van der Waals surface area contributed by atoms with Gasteiger partial charge in [-0.1, -0.05) is 0 Å². The van der Waals surface area contributed by atoms with Crippen LogP contribution in [0.2, 0.25) is 0 Å². The molecule has 1 aliphatic carbocycles. The number of nitrogens with one attached hydrogen (secondary N) is 1. The molecule has 0 saturated heterocycles. The van der Waals surface area contributed by atoms with Crippen molar-refractivity contribution >= 4 is 17.3 Å². The largest absolute Gasteiger partial charge is 0.495 e. The second-order valence-corrected chi connectivity index (χ2v) is 7.22. The minimum Gasteiger partial charge on any atom is -0.495 e. The van der Waals surface area contributed by atoms with E-state index in [1.807, 2.05) is 10.7 Å². The van der Waals surface area contributed by atoms with Gasteiger partial charge in [-0.25, -0.2) is 0 Å². The van der Waals surface area contributed by atoms with Crippen LogP contribution in [0.1, 0.15) is 55.7 Å². The van der Waals surface area contributed by atoms with Crippen molar-refractivity contribution in [1.82, 2.24) is 9.78 Å². The molecule has 6 heteroatoms. The first-order chi connectivity index (χ1) is 11.3. The molecule has 128 valence electrons. The second-order valence-electron chi connectivity index (χ2n) is 7.22. The Hall–Kier alpha value is -2.50. The summed E-state index contributed by atoms with van der Waals surface area (Å²) in [6.07, 6.45) is 2.33. The van der Waals surface area contributed by atoms with Crippen molar-refractivity contribution in [2.45, 2.75) is 45.1 Å². The average Bonchev–Trinajstić information content (AvgIpc) is 3.24. The monoisotopic (exact) mass is 328 g/mol. The highest BCUT2D eigenvalue weighted by Crippen LogP contribution is 2.41. The molecule has 0 aliphatic heterocycles. The quantitative estimate of drug-likeness (QED) is 0.843. The lowest BCUT2D eigenvalue weighted by molar-refractivity contribution is 0.102. The summed E-state index contributed by atoms with van der Waals surface area (Å²) >= 11 is 0. The van der Waals surface area contributed by atoms with Gasteiger partial charge in [0.15, 0.2) is 5.69 Å². The van der Waals surface area contributed by atoms with E-state index in [9.17, 15) is 4.79 Å². The molecule has 0 radical (unpaired) electrons. The summed E-state index contributed by atoms with van der Waals surface area (Å²) in [5, 5.41) is 7.40. The molecule has 1 fully saturated rings. The SMILES string of the molecule is COc1ccc(NC(=O)c2cc(C3CC3)n(C(C)(C)C)n2)cc1N. The Balaban J connectivity index is 1.84. The lowest BCUT2D eigenvalue weighted by atomic mass is 10.1. The Kier molecular flexibility index (Phi) is 3.99. The van der Waals surface area contributed by atoms with E-state index in [1.165, 1.54) is 0 Å². The fourth-order valence-electron chi connectivity index (χ4n) is 2.72. The number of methoxy groups -OCH3 is 1. The van der Waals surface area contributed by atoms with Crippen LogP contribution in [-0.2, 0) is 5.54 Å². The molecule has 2 aromatic rings. The molecule has 0 atom stereocenters. The maximum absolute atomic E-state index is 12.6. The van der Waals surface area contributed by atoms with Gasteiger partial charge < -0.3 is 15.8 Å². The molecule has 0 unspecified atom stereocenters. The number of rotatable bonds is 4. The molecular weight excluding hydrogens is 304 g/mol. The predicted octanol–water partition coefficient (Wildman–Crippen LogP) is 3.36. The molecule has 1 aliphatic rings. The van der Waals surface area contributed by atoms with Crippen molar-refractivity contribution in [3.8, 4) is 5.75 Å². The standard InChI is InChI=1S/C18H24N4O2/c1-18(2,3)22-15(11-5-6-11)10-14(21-22)17(23)20-12-7-8-16(24-4)13(19)9-12/h7-11H,5-6,19H2,1-4H3,(H,20,23). The van der Waals surface area contributed by atoms with Crippen molar-refractivity contribution in [3.63, 3.8) is 0 Å². The van der Waals surface area contributed by atoms with Gasteiger partial charge in [-0.15, -0.1) is 0 Å². The molecule has 6 nitrogen and oxygen atoms in total. The highest BCUT2D eigenvalue weighted by molar-refractivity contribution is 6.03. The van der Waals surface area contributed by atoms with Crippen LogP contribution in [0.4, 0.5) is 11.4 Å². The maximum atomic E-state index is 12.6. The van der Waals surface area contributed by atoms with Gasteiger partial charge in [0, 0.05) is 17.3 Å². The zero-order valence-corrected chi connectivity index (χ0v) is 14.6. The zero-order valence-electron chi connectivity index (χ0n) is 14.6. The van der Waals surface area contributed by atoms with Gasteiger partial charge in [0.2, 0.25) is 0 Å². The van der Waals surface area contributed by atoms with Crippen molar-refractivity contribution in [3.05, 3.63) is 35.7 Å². The van der Waals surface area contributed by atoms with Crippen LogP contribution in [0.3, 0.4) is 0 Å². The molecule has 0 spiro atoms. The minimum atomic E-state index is -0.232. The van der Waals surface area contributed by atoms with Gasteiger partial charge in [-0.3, -0.25) is 9.48 Å². The van der Waals surface area contributed by atoms with E-state index in [1.54, 1.807) is 25.3 Å². The van der Waals surface area contributed by atoms with E-state index in [0.717, 1.165) is 18.5 Å². The normalized spacial score (nSPS) is 14.5. The van der Waals surface area contributed by atoms with Gasteiger partial charge in [0.05, 0.1) is 18.3 Å². The molecule has 3 N–H and O–H groups in total. The van der Waals surface area contributed by atoms with E-state index < -0.39 is 0 Å². The number of nitrogens with two attached hydrogens (primary N) is 1. The molecule has 1 heterocycles. The van der Waals surface area contributed by atoms with E-state index in [2.05, 4.69) is 31.2 Å². The van der Waals surface area contributed by atoms with E-state index in [0.29, 0.717) is 28.7 Å². The third-order valence-electron chi connectivity index (χ3n) is 4.09. The highest BCUT2D eigenvalue weighted by atomic mass is 16.5. The number of amides is 1. The first-order valence-corrected chi connectivity index (χ1v) is 8.15. The molecule has 3 rings (SSSR count). The third kappa shape index (κ3) is 3.22. The molecule has 24 heavy (non-hydrogen) atoms. The van der Waals surface area contributed by atoms with E-state index in [4.69, 9.17) is 10.5 Å². The number of carbonyl (C=O) groups is 1. The summed E-state index contributed by atoms with van der Waals surface area (Å²) in [6, 6.07) is 7.08.